The number of nitrogens with zero attached hydrogens (tertiary/aromatic N) is 7. The second-order valence-corrected chi connectivity index (χ2v) is 6.99. The molecule has 2 aromatic heterocycles. The quantitative estimate of drug-likeness (QED) is 0.625. The van der Waals surface area contributed by atoms with E-state index in [1.54, 1.807) is 18.1 Å². The fourth-order valence-electron chi connectivity index (χ4n) is 3.59. The lowest BCUT2D eigenvalue weighted by Crippen LogP contribution is -2.49. The van der Waals surface area contributed by atoms with Crippen LogP contribution in [0.4, 0.5) is 5.82 Å². The molecule has 9 heteroatoms. The molecule has 0 radical (unpaired) electrons. The number of amides is 1. The predicted molar refractivity (Wildman–Crippen MR) is 109 cm³/mol. The summed E-state index contributed by atoms with van der Waals surface area (Å²) in [7, 11) is 1.65. The molecule has 1 amide bonds. The average molecular weight is 395 g/mol. The van der Waals surface area contributed by atoms with Crippen LogP contribution in [0, 0.1) is 0 Å². The SMILES string of the molecule is CCn1nnc2c(N3CCN(C(=O)CCc4ccc(OC)cc4)CC3)ncnc21. The molecule has 1 aromatic carbocycles. The number of benzene rings is 1. The summed E-state index contributed by atoms with van der Waals surface area (Å²) in [6.45, 7) is 5.51. The molecule has 1 aliphatic rings. The van der Waals surface area contributed by atoms with Crippen molar-refractivity contribution in [1.29, 1.82) is 0 Å². The van der Waals surface area contributed by atoms with E-state index >= 15 is 0 Å². The Balaban J connectivity index is 1.34. The fraction of sp³-hybridized carbons (Fsp3) is 0.450. The zero-order chi connectivity index (χ0) is 20.2. The largest absolute Gasteiger partial charge is 0.497 e. The van der Waals surface area contributed by atoms with E-state index in [-0.39, 0.29) is 5.91 Å². The van der Waals surface area contributed by atoms with Crippen molar-refractivity contribution in [3.05, 3.63) is 36.2 Å². The molecular formula is C20H25N7O2. The second kappa shape index (κ2) is 8.42. The van der Waals surface area contributed by atoms with Crippen molar-refractivity contribution in [2.45, 2.75) is 26.3 Å². The van der Waals surface area contributed by atoms with E-state index in [9.17, 15) is 4.79 Å². The van der Waals surface area contributed by atoms with Crippen LogP contribution >= 0.6 is 0 Å². The Hall–Kier alpha value is -3.23. The maximum Gasteiger partial charge on any atom is 0.223 e. The van der Waals surface area contributed by atoms with Crippen LogP contribution < -0.4 is 9.64 Å². The molecule has 0 unspecified atom stereocenters. The van der Waals surface area contributed by atoms with E-state index in [2.05, 4.69) is 25.2 Å². The molecule has 0 saturated carbocycles. The van der Waals surface area contributed by atoms with Crippen LogP contribution in [0.25, 0.3) is 11.2 Å². The Bertz CT molecular complexity index is 978. The van der Waals surface area contributed by atoms with Crippen LogP contribution in [0.5, 0.6) is 5.75 Å². The molecule has 3 aromatic rings. The van der Waals surface area contributed by atoms with Gasteiger partial charge in [-0.3, -0.25) is 4.79 Å². The van der Waals surface area contributed by atoms with Crippen molar-refractivity contribution < 1.29 is 9.53 Å². The molecule has 0 bridgehead atoms. The minimum atomic E-state index is 0.185. The minimum Gasteiger partial charge on any atom is -0.497 e. The molecule has 3 heterocycles. The van der Waals surface area contributed by atoms with Crippen molar-refractivity contribution in [3.63, 3.8) is 0 Å². The topological polar surface area (TPSA) is 89.3 Å². The molecule has 1 fully saturated rings. The molecule has 1 aliphatic heterocycles. The lowest BCUT2D eigenvalue weighted by molar-refractivity contribution is -0.131. The fourth-order valence-corrected chi connectivity index (χ4v) is 3.59. The van der Waals surface area contributed by atoms with Crippen LogP contribution in [0.1, 0.15) is 18.9 Å². The molecule has 152 valence electrons. The first kappa shape index (κ1) is 19.1. The monoisotopic (exact) mass is 395 g/mol. The predicted octanol–water partition coefficient (Wildman–Crippen LogP) is 1.53. The lowest BCUT2D eigenvalue weighted by atomic mass is 10.1. The molecular weight excluding hydrogens is 370 g/mol. The van der Waals surface area contributed by atoms with Crippen LogP contribution in [0.3, 0.4) is 0 Å². The number of fused-ring (bicyclic) bond motifs is 1. The van der Waals surface area contributed by atoms with Crippen LogP contribution in [-0.4, -0.2) is 69.1 Å². The van der Waals surface area contributed by atoms with E-state index < -0.39 is 0 Å². The van der Waals surface area contributed by atoms with Gasteiger partial charge in [-0.25, -0.2) is 14.6 Å². The number of carbonyl (C=O) groups is 1. The summed E-state index contributed by atoms with van der Waals surface area (Å²) in [5.74, 6) is 1.80. The number of anilines is 1. The molecule has 4 rings (SSSR count). The van der Waals surface area contributed by atoms with Crippen LogP contribution in [0.15, 0.2) is 30.6 Å². The van der Waals surface area contributed by atoms with Gasteiger partial charge in [-0.2, -0.15) is 0 Å². The number of ether oxygens (including phenoxy) is 1. The first-order valence-electron chi connectivity index (χ1n) is 9.89. The van der Waals surface area contributed by atoms with Crippen LogP contribution in [0.2, 0.25) is 0 Å². The van der Waals surface area contributed by atoms with Gasteiger partial charge in [-0.05, 0) is 31.0 Å². The van der Waals surface area contributed by atoms with Gasteiger partial charge in [-0.1, -0.05) is 17.3 Å². The smallest absolute Gasteiger partial charge is 0.223 e. The van der Waals surface area contributed by atoms with E-state index in [1.165, 1.54) is 0 Å². The molecule has 0 atom stereocenters. The summed E-state index contributed by atoms with van der Waals surface area (Å²) >= 11 is 0. The Labute approximate surface area is 169 Å². The summed E-state index contributed by atoms with van der Waals surface area (Å²) in [5, 5.41) is 8.39. The highest BCUT2D eigenvalue weighted by Crippen LogP contribution is 2.22. The van der Waals surface area contributed by atoms with Crippen molar-refractivity contribution >= 4 is 22.9 Å². The van der Waals surface area contributed by atoms with Crippen molar-refractivity contribution in [3.8, 4) is 5.75 Å². The molecule has 0 aliphatic carbocycles. The Morgan fingerprint density at radius 1 is 1.10 bits per heavy atom. The first-order valence-corrected chi connectivity index (χ1v) is 9.89. The van der Waals surface area contributed by atoms with Gasteiger partial charge in [0, 0.05) is 39.1 Å². The van der Waals surface area contributed by atoms with E-state index in [1.807, 2.05) is 36.1 Å². The number of rotatable bonds is 6. The van der Waals surface area contributed by atoms with Gasteiger partial charge in [0.05, 0.1) is 7.11 Å². The number of hydrogen-bond acceptors (Lipinski definition) is 7. The average Bonchev–Trinajstić information content (AvgIpc) is 3.21. The van der Waals surface area contributed by atoms with Gasteiger partial charge in [0.15, 0.2) is 17.0 Å². The summed E-state index contributed by atoms with van der Waals surface area (Å²) < 4.78 is 6.94. The van der Waals surface area contributed by atoms with Crippen LogP contribution in [-0.2, 0) is 17.8 Å². The van der Waals surface area contributed by atoms with Gasteiger partial charge in [0.1, 0.15) is 12.1 Å². The highest BCUT2D eigenvalue weighted by atomic mass is 16.5. The van der Waals surface area contributed by atoms with Gasteiger partial charge in [-0.15, -0.1) is 5.10 Å². The summed E-state index contributed by atoms with van der Waals surface area (Å²) in [4.78, 5) is 25.4. The van der Waals surface area contributed by atoms with Crippen molar-refractivity contribution in [1.82, 2.24) is 29.9 Å². The van der Waals surface area contributed by atoms with E-state index in [4.69, 9.17) is 4.74 Å². The molecule has 29 heavy (non-hydrogen) atoms. The number of aromatic nitrogens is 5. The van der Waals surface area contributed by atoms with Gasteiger partial charge < -0.3 is 14.5 Å². The minimum absolute atomic E-state index is 0.185. The zero-order valence-electron chi connectivity index (χ0n) is 16.8. The molecule has 0 spiro atoms. The Morgan fingerprint density at radius 3 is 2.55 bits per heavy atom. The Morgan fingerprint density at radius 2 is 1.86 bits per heavy atom. The Kier molecular flexibility index (Phi) is 5.55. The standard InChI is InChI=1S/C20H25N7O2/c1-3-27-20-18(23-24-27)19(21-14-22-20)26-12-10-25(11-13-26)17(28)9-6-15-4-7-16(29-2)8-5-15/h4-5,7-8,14H,3,6,9-13H2,1-2H3. The summed E-state index contributed by atoms with van der Waals surface area (Å²) in [6, 6.07) is 7.87. The number of methoxy groups -OCH3 is 1. The number of aryl methyl sites for hydroxylation is 2. The third kappa shape index (κ3) is 3.98. The van der Waals surface area contributed by atoms with Gasteiger partial charge in [0.25, 0.3) is 0 Å². The normalized spacial score (nSPS) is 14.4. The second-order valence-electron chi connectivity index (χ2n) is 6.99. The molecule has 0 N–H and O–H groups in total. The third-order valence-electron chi connectivity index (χ3n) is 5.30. The van der Waals surface area contributed by atoms with Gasteiger partial charge in [0.2, 0.25) is 5.91 Å². The first-order chi connectivity index (χ1) is 14.2. The van der Waals surface area contributed by atoms with E-state index in [0.717, 1.165) is 42.3 Å². The number of carbonyl (C=O) groups excluding carboxylic acids is 1. The lowest BCUT2D eigenvalue weighted by Gasteiger charge is -2.35. The highest BCUT2D eigenvalue weighted by molar-refractivity contribution is 5.83. The van der Waals surface area contributed by atoms with Crippen molar-refractivity contribution in [2.24, 2.45) is 0 Å². The number of piperazine rings is 1. The van der Waals surface area contributed by atoms with Gasteiger partial charge >= 0.3 is 0 Å². The van der Waals surface area contributed by atoms with Crippen molar-refractivity contribution in [2.75, 3.05) is 38.2 Å². The third-order valence-corrected chi connectivity index (χ3v) is 5.30. The number of hydrogen-bond donors (Lipinski definition) is 0. The maximum absolute atomic E-state index is 12.6. The molecule has 9 nitrogen and oxygen atoms in total. The molecule has 1 saturated heterocycles. The maximum atomic E-state index is 12.6. The summed E-state index contributed by atoms with van der Waals surface area (Å²) in [6.07, 6.45) is 2.80. The zero-order valence-corrected chi connectivity index (χ0v) is 16.8. The highest BCUT2D eigenvalue weighted by Gasteiger charge is 2.24. The summed E-state index contributed by atoms with van der Waals surface area (Å²) in [5.41, 5.74) is 2.60. The van der Waals surface area contributed by atoms with E-state index in [0.29, 0.717) is 31.6 Å².